The van der Waals surface area contributed by atoms with Crippen molar-refractivity contribution in [2.75, 3.05) is 0 Å². The van der Waals surface area contributed by atoms with Crippen LogP contribution in [0.3, 0.4) is 0 Å². The van der Waals surface area contributed by atoms with Crippen molar-refractivity contribution in [2.45, 2.75) is 23.7 Å². The van der Waals surface area contributed by atoms with Crippen molar-refractivity contribution in [3.8, 4) is 55.8 Å². The smallest absolute Gasteiger partial charge is 0.0815 e. The standard InChI is InChI=1S/C64H47N5/c65-60(62(41-15-3-1-4-16-41)69-63(66)43-17-5-2-6-18-43)47-36-45(40-27-29-42(30-28-40)61-54-39-67-34-33-48(54)52-22-10-14-26-59(52)68-61)35-46(37-47)44-31-32-58-53(38-44)51-21-9-13-25-57(51)64(58)55-23-11-7-19-49(55)50-20-8-12-24-56(50)64/h1-39,60,62-63,69H,65-66H2/t60-,62?,63?/m0/s1. The predicted octanol–water partition coefficient (Wildman–Crippen LogP) is 14.1. The molecule has 0 radical (unpaired) electrons. The Hall–Kier alpha value is -8.32. The summed E-state index contributed by atoms with van der Waals surface area (Å²) in [6.45, 7) is 0. The molecule has 0 amide bonds. The van der Waals surface area contributed by atoms with Crippen LogP contribution in [0.15, 0.2) is 237 Å². The molecular weight excluding hydrogens is 839 g/mol. The van der Waals surface area contributed by atoms with Gasteiger partial charge in [0.05, 0.1) is 28.8 Å². The van der Waals surface area contributed by atoms with E-state index < -0.39 is 17.6 Å². The van der Waals surface area contributed by atoms with E-state index in [0.29, 0.717) is 0 Å². The maximum absolute atomic E-state index is 7.58. The lowest BCUT2D eigenvalue weighted by molar-refractivity contribution is 0.398. The number of para-hydroxylation sites is 1. The lowest BCUT2D eigenvalue weighted by atomic mass is 9.70. The van der Waals surface area contributed by atoms with Crippen molar-refractivity contribution < 1.29 is 0 Å². The molecular formula is C64H47N5. The summed E-state index contributed by atoms with van der Waals surface area (Å²) in [4.78, 5) is 9.70. The van der Waals surface area contributed by atoms with Gasteiger partial charge in [0.25, 0.3) is 0 Å². The minimum Gasteiger partial charge on any atom is -0.322 e. The maximum atomic E-state index is 7.58. The van der Waals surface area contributed by atoms with Crippen LogP contribution in [-0.4, -0.2) is 9.97 Å². The van der Waals surface area contributed by atoms with E-state index in [-0.39, 0.29) is 6.04 Å². The molecule has 0 saturated carbocycles. The second kappa shape index (κ2) is 16.5. The number of aromatic nitrogens is 2. The van der Waals surface area contributed by atoms with Gasteiger partial charge in [0.2, 0.25) is 0 Å². The van der Waals surface area contributed by atoms with Gasteiger partial charge in [0, 0.05) is 34.8 Å². The minimum absolute atomic E-state index is 0.304. The van der Waals surface area contributed by atoms with Gasteiger partial charge >= 0.3 is 0 Å². The molecule has 3 atom stereocenters. The molecule has 5 N–H and O–H groups in total. The Morgan fingerprint density at radius 2 is 0.928 bits per heavy atom. The van der Waals surface area contributed by atoms with Crippen LogP contribution in [0.5, 0.6) is 0 Å². The summed E-state index contributed by atoms with van der Waals surface area (Å²) in [5.41, 5.74) is 34.8. The quantitative estimate of drug-likeness (QED) is 0.0992. The van der Waals surface area contributed by atoms with Gasteiger partial charge in [-0.1, -0.05) is 188 Å². The van der Waals surface area contributed by atoms with E-state index in [2.05, 4.69) is 204 Å². The Morgan fingerprint density at radius 1 is 0.391 bits per heavy atom. The first-order valence-corrected chi connectivity index (χ1v) is 23.7. The highest BCUT2D eigenvalue weighted by Gasteiger charge is 2.51. The zero-order valence-corrected chi connectivity index (χ0v) is 37.8. The van der Waals surface area contributed by atoms with Gasteiger partial charge < -0.3 is 11.5 Å². The lowest BCUT2D eigenvalue weighted by Crippen LogP contribution is -2.38. The topological polar surface area (TPSA) is 89.8 Å². The van der Waals surface area contributed by atoms with Crippen molar-refractivity contribution in [2.24, 2.45) is 11.5 Å². The van der Waals surface area contributed by atoms with E-state index in [1.54, 1.807) is 0 Å². The normalized spacial score (nSPS) is 14.2. The minimum atomic E-state index is -0.467. The fourth-order valence-corrected chi connectivity index (χ4v) is 11.5. The van der Waals surface area contributed by atoms with Crippen LogP contribution >= 0.6 is 0 Å². The number of benzene rings is 9. The van der Waals surface area contributed by atoms with Crippen molar-refractivity contribution in [3.05, 3.63) is 276 Å². The highest BCUT2D eigenvalue weighted by atomic mass is 15.1. The van der Waals surface area contributed by atoms with E-state index in [9.17, 15) is 0 Å². The largest absolute Gasteiger partial charge is 0.322 e. The third-order valence-electron chi connectivity index (χ3n) is 14.7. The van der Waals surface area contributed by atoms with Crippen LogP contribution in [-0.2, 0) is 5.41 Å². The predicted molar refractivity (Wildman–Crippen MR) is 282 cm³/mol. The monoisotopic (exact) mass is 885 g/mol. The molecule has 9 aromatic carbocycles. The SMILES string of the molecule is NC(NC(c1ccccc1)[C@@H](N)c1cc(-c2ccc(-c3nc4ccccc4c4ccncc34)cc2)cc(-c2ccc3c(c2)-c2ccccc2C32c3ccccc3-c3ccccc32)c1)c1ccccc1. The zero-order chi connectivity index (χ0) is 46.1. The molecule has 1 spiro atoms. The summed E-state index contributed by atoms with van der Waals surface area (Å²) in [6, 6.07) is 79.9. The van der Waals surface area contributed by atoms with E-state index in [0.717, 1.165) is 71.9 Å². The van der Waals surface area contributed by atoms with Crippen LogP contribution in [0.2, 0.25) is 0 Å². The number of hydrogen-bond donors (Lipinski definition) is 3. The molecule has 2 aliphatic carbocycles. The number of rotatable bonds is 9. The maximum Gasteiger partial charge on any atom is 0.0815 e. The third-order valence-corrected chi connectivity index (χ3v) is 14.7. The molecule has 0 saturated heterocycles. The van der Waals surface area contributed by atoms with Crippen molar-refractivity contribution in [1.82, 2.24) is 15.3 Å². The Kier molecular flexibility index (Phi) is 9.77. The summed E-state index contributed by atoms with van der Waals surface area (Å²) in [5, 5.41) is 7.03. The highest BCUT2D eigenvalue weighted by Crippen LogP contribution is 2.63. The summed E-state index contributed by atoms with van der Waals surface area (Å²) in [5.74, 6) is 0. The first kappa shape index (κ1) is 40.9. The fraction of sp³-hybridized carbons (Fsp3) is 0.0625. The van der Waals surface area contributed by atoms with Gasteiger partial charge in [0.15, 0.2) is 0 Å². The van der Waals surface area contributed by atoms with Crippen LogP contribution in [0.4, 0.5) is 0 Å². The molecule has 2 aliphatic rings. The highest BCUT2D eigenvalue weighted by molar-refractivity contribution is 6.10. The van der Waals surface area contributed by atoms with Gasteiger partial charge in [-0.3, -0.25) is 10.3 Å². The van der Waals surface area contributed by atoms with E-state index in [4.69, 9.17) is 16.5 Å². The van der Waals surface area contributed by atoms with Gasteiger partial charge in [-0.05, 0) is 125 Å². The number of nitrogens with one attached hydrogen (secondary N) is 1. The fourth-order valence-electron chi connectivity index (χ4n) is 11.5. The second-order valence-corrected chi connectivity index (χ2v) is 18.4. The molecule has 5 nitrogen and oxygen atoms in total. The third kappa shape index (κ3) is 6.58. The number of pyridine rings is 2. The van der Waals surface area contributed by atoms with Gasteiger partial charge in [-0.25, -0.2) is 4.98 Å². The average molecular weight is 886 g/mol. The Balaban J connectivity index is 0.969. The van der Waals surface area contributed by atoms with Crippen LogP contribution in [0, 0.1) is 0 Å². The van der Waals surface area contributed by atoms with E-state index in [1.165, 1.54) is 44.5 Å². The summed E-state index contributed by atoms with van der Waals surface area (Å²) in [7, 11) is 0. The molecule has 5 heteroatoms. The van der Waals surface area contributed by atoms with E-state index >= 15 is 0 Å². The zero-order valence-electron chi connectivity index (χ0n) is 37.8. The molecule has 2 aromatic heterocycles. The summed E-state index contributed by atoms with van der Waals surface area (Å²) >= 11 is 0. The van der Waals surface area contributed by atoms with Crippen molar-refractivity contribution >= 4 is 21.7 Å². The molecule has 69 heavy (non-hydrogen) atoms. The Labute approximate surface area is 401 Å². The van der Waals surface area contributed by atoms with Crippen LogP contribution in [0.1, 0.15) is 57.2 Å². The number of fused-ring (bicyclic) bond motifs is 13. The van der Waals surface area contributed by atoms with Crippen molar-refractivity contribution in [1.29, 1.82) is 0 Å². The molecule has 0 bridgehead atoms. The van der Waals surface area contributed by atoms with Crippen molar-refractivity contribution in [3.63, 3.8) is 0 Å². The van der Waals surface area contributed by atoms with Gasteiger partial charge in [-0.2, -0.15) is 0 Å². The summed E-state index contributed by atoms with van der Waals surface area (Å²) in [6.07, 6.45) is 3.34. The van der Waals surface area contributed by atoms with Crippen LogP contribution in [0.25, 0.3) is 77.4 Å². The number of hydrogen-bond acceptors (Lipinski definition) is 5. The summed E-state index contributed by atoms with van der Waals surface area (Å²) < 4.78 is 0. The van der Waals surface area contributed by atoms with Gasteiger partial charge in [0.1, 0.15) is 0 Å². The Morgan fingerprint density at radius 3 is 1.61 bits per heavy atom. The second-order valence-electron chi connectivity index (χ2n) is 18.4. The molecule has 13 rings (SSSR count). The van der Waals surface area contributed by atoms with Gasteiger partial charge in [-0.15, -0.1) is 0 Å². The first-order valence-electron chi connectivity index (χ1n) is 23.7. The first-order chi connectivity index (χ1) is 34.0. The molecule has 2 heterocycles. The molecule has 328 valence electrons. The number of nitrogens with zero attached hydrogens (tertiary/aromatic N) is 2. The van der Waals surface area contributed by atoms with Crippen LogP contribution < -0.4 is 16.8 Å². The molecule has 0 fully saturated rings. The van der Waals surface area contributed by atoms with E-state index in [1.807, 2.05) is 42.7 Å². The molecule has 11 aromatic rings. The Bertz CT molecular complexity index is 3710. The molecule has 0 aliphatic heterocycles. The molecule has 2 unspecified atom stereocenters. The average Bonchev–Trinajstić information content (AvgIpc) is 3.89. The lowest BCUT2D eigenvalue weighted by Gasteiger charge is -2.30. The number of nitrogens with two attached hydrogens (primary N) is 2.